The van der Waals surface area contributed by atoms with E-state index in [2.05, 4.69) is 9.99 Å². The minimum atomic E-state index is -0.415. The number of carbonyl (C=O) groups is 2. The lowest BCUT2D eigenvalue weighted by Gasteiger charge is -2.13. The van der Waals surface area contributed by atoms with Crippen molar-refractivity contribution in [3.63, 3.8) is 0 Å². The summed E-state index contributed by atoms with van der Waals surface area (Å²) < 4.78 is 7.93. The average Bonchev–Trinajstić information content (AvgIpc) is 3.36. The van der Waals surface area contributed by atoms with Crippen molar-refractivity contribution in [3.05, 3.63) is 101 Å². The molecule has 0 radical (unpaired) electrons. The molecule has 0 unspecified atom stereocenters. The number of halogens is 1. The number of benzene rings is 3. The molecule has 1 aliphatic rings. The van der Waals surface area contributed by atoms with Crippen LogP contribution in [0.5, 0.6) is 5.75 Å². The van der Waals surface area contributed by atoms with E-state index in [1.807, 2.05) is 60.8 Å². The number of ether oxygens (including phenoxy) is 1. The Kier molecular flexibility index (Phi) is 6.06. The van der Waals surface area contributed by atoms with Crippen LogP contribution < -0.4 is 15.2 Å². The number of amides is 2. The van der Waals surface area contributed by atoms with Crippen molar-refractivity contribution in [2.24, 2.45) is 0 Å². The molecular weight excluding hydrogens is 450 g/mol. The van der Waals surface area contributed by atoms with E-state index < -0.39 is 5.91 Å². The third kappa shape index (κ3) is 4.40. The monoisotopic (exact) mass is 471 g/mol. The maximum Gasteiger partial charge on any atom is 0.282 e. The van der Waals surface area contributed by atoms with Crippen molar-refractivity contribution in [1.82, 2.24) is 9.99 Å². The Balaban J connectivity index is 1.35. The van der Waals surface area contributed by atoms with Gasteiger partial charge in [-0.2, -0.15) is 0 Å². The van der Waals surface area contributed by atoms with Crippen LogP contribution in [0.2, 0.25) is 5.02 Å². The topological polar surface area (TPSA) is 63.6 Å². The van der Waals surface area contributed by atoms with Gasteiger partial charge in [0.25, 0.3) is 11.8 Å². The van der Waals surface area contributed by atoms with E-state index in [4.69, 9.17) is 16.3 Å². The summed E-state index contributed by atoms with van der Waals surface area (Å²) in [7, 11) is 0. The molecule has 1 aromatic heterocycles. The van der Waals surface area contributed by atoms with Crippen LogP contribution in [-0.4, -0.2) is 23.0 Å². The molecule has 2 heterocycles. The predicted octanol–water partition coefficient (Wildman–Crippen LogP) is 5.23. The number of aryl methyl sites for hydroxylation is 1. The molecule has 1 fully saturated rings. The first-order valence-corrected chi connectivity index (χ1v) is 11.4. The predicted molar refractivity (Wildman–Crippen MR) is 134 cm³/mol. The Morgan fingerprint density at radius 1 is 0.912 bits per heavy atom. The number of fused-ring (bicyclic) bond motifs is 1. The van der Waals surface area contributed by atoms with Gasteiger partial charge in [-0.25, -0.2) is 5.01 Å². The van der Waals surface area contributed by atoms with Crippen LogP contribution in [0.15, 0.2) is 90.6 Å². The number of nitrogens with one attached hydrogen (secondary N) is 1. The third-order valence-corrected chi connectivity index (χ3v) is 5.90. The maximum absolute atomic E-state index is 13.0. The number of nitrogens with zero attached hydrogens (tertiary/aromatic N) is 2. The van der Waals surface area contributed by atoms with Gasteiger partial charge in [-0.1, -0.05) is 48.0 Å². The molecule has 170 valence electrons. The summed E-state index contributed by atoms with van der Waals surface area (Å²) >= 11 is 5.92. The van der Waals surface area contributed by atoms with E-state index in [1.54, 1.807) is 30.3 Å². The summed E-state index contributed by atoms with van der Waals surface area (Å²) in [6.45, 7) is 1.28. The van der Waals surface area contributed by atoms with E-state index in [1.165, 1.54) is 5.01 Å². The summed E-state index contributed by atoms with van der Waals surface area (Å²) in [5.74, 6) is -0.00707. The largest absolute Gasteiger partial charge is 0.494 e. The SMILES string of the molecule is O=C1NN(c2ccccc2)C(=O)/C1=C\c1cn(CCCOc2ccc(Cl)cc2)c2ccccc12. The molecule has 1 aliphatic heterocycles. The molecule has 0 bridgehead atoms. The lowest BCUT2D eigenvalue weighted by molar-refractivity contribution is -0.117. The van der Waals surface area contributed by atoms with Crippen LogP contribution in [0, 0.1) is 0 Å². The van der Waals surface area contributed by atoms with Crippen molar-refractivity contribution in [3.8, 4) is 5.75 Å². The molecule has 6 nitrogen and oxygen atoms in total. The Bertz CT molecular complexity index is 1380. The Labute approximate surface area is 202 Å². The maximum atomic E-state index is 13.0. The highest BCUT2D eigenvalue weighted by Crippen LogP contribution is 2.27. The van der Waals surface area contributed by atoms with E-state index in [-0.39, 0.29) is 11.5 Å². The second-order valence-corrected chi connectivity index (χ2v) is 8.36. The van der Waals surface area contributed by atoms with Gasteiger partial charge in [0.1, 0.15) is 11.3 Å². The summed E-state index contributed by atoms with van der Waals surface area (Å²) in [5, 5.41) is 2.93. The van der Waals surface area contributed by atoms with Crippen LogP contribution in [0.4, 0.5) is 5.69 Å². The summed E-state index contributed by atoms with van der Waals surface area (Å²) in [4.78, 5) is 25.6. The normalized spacial score (nSPS) is 14.7. The Hall–Kier alpha value is -4.03. The van der Waals surface area contributed by atoms with Gasteiger partial charge in [-0.05, 0) is 55.0 Å². The van der Waals surface area contributed by atoms with Crippen LogP contribution in [-0.2, 0) is 16.1 Å². The van der Waals surface area contributed by atoms with E-state index in [9.17, 15) is 9.59 Å². The highest BCUT2D eigenvalue weighted by atomic mass is 35.5. The molecule has 2 amide bonds. The van der Waals surface area contributed by atoms with Gasteiger partial charge in [0, 0.05) is 34.2 Å². The van der Waals surface area contributed by atoms with Crippen molar-refractivity contribution >= 4 is 46.1 Å². The van der Waals surface area contributed by atoms with Gasteiger partial charge in [0.05, 0.1) is 12.3 Å². The van der Waals surface area contributed by atoms with Gasteiger partial charge in [-0.3, -0.25) is 15.0 Å². The molecule has 34 heavy (non-hydrogen) atoms. The van der Waals surface area contributed by atoms with Gasteiger partial charge < -0.3 is 9.30 Å². The molecular formula is C27H22ClN3O3. The molecule has 3 aromatic carbocycles. The summed E-state index contributed by atoms with van der Waals surface area (Å²) in [5.41, 5.74) is 5.23. The first-order chi connectivity index (χ1) is 16.6. The Morgan fingerprint density at radius 3 is 2.44 bits per heavy atom. The fourth-order valence-corrected chi connectivity index (χ4v) is 4.13. The molecule has 0 saturated carbocycles. The minimum absolute atomic E-state index is 0.109. The van der Waals surface area contributed by atoms with Crippen LogP contribution in [0.1, 0.15) is 12.0 Å². The van der Waals surface area contributed by atoms with Gasteiger partial charge in [0.2, 0.25) is 0 Å². The number of carbonyl (C=O) groups excluding carboxylic acids is 2. The number of hydrogen-bond acceptors (Lipinski definition) is 3. The highest BCUT2D eigenvalue weighted by molar-refractivity contribution is 6.32. The van der Waals surface area contributed by atoms with Crippen molar-refractivity contribution in [2.45, 2.75) is 13.0 Å². The fraction of sp³-hybridized carbons (Fsp3) is 0.111. The molecule has 4 aromatic rings. The molecule has 0 spiro atoms. The van der Waals surface area contributed by atoms with Gasteiger partial charge in [-0.15, -0.1) is 0 Å². The second kappa shape index (κ2) is 9.45. The zero-order valence-corrected chi connectivity index (χ0v) is 19.0. The third-order valence-electron chi connectivity index (χ3n) is 5.65. The number of aromatic nitrogens is 1. The zero-order chi connectivity index (χ0) is 23.5. The number of rotatable bonds is 7. The Morgan fingerprint density at radius 2 is 1.65 bits per heavy atom. The first-order valence-electron chi connectivity index (χ1n) is 11.0. The van der Waals surface area contributed by atoms with Gasteiger partial charge in [0.15, 0.2) is 0 Å². The van der Waals surface area contributed by atoms with E-state index in [0.717, 1.165) is 35.2 Å². The molecule has 7 heteroatoms. The quantitative estimate of drug-likeness (QED) is 0.228. The number of hydrazine groups is 1. The van der Waals surface area contributed by atoms with Crippen molar-refractivity contribution < 1.29 is 14.3 Å². The number of para-hydroxylation sites is 2. The average molecular weight is 472 g/mol. The lowest BCUT2D eigenvalue weighted by atomic mass is 10.1. The minimum Gasteiger partial charge on any atom is -0.494 e. The van der Waals surface area contributed by atoms with Crippen LogP contribution in [0.25, 0.3) is 17.0 Å². The standard InChI is InChI=1S/C27H22ClN3O3/c28-20-11-13-22(14-12-20)34-16-6-15-30-18-19(23-9-4-5-10-25(23)30)17-24-26(32)29-31(27(24)33)21-7-2-1-3-8-21/h1-5,7-14,17-18H,6,15-16H2,(H,29,32)/b24-17-. The summed E-state index contributed by atoms with van der Waals surface area (Å²) in [6, 6.07) is 24.3. The first kappa shape index (κ1) is 21.8. The van der Waals surface area contributed by atoms with Gasteiger partial charge >= 0.3 is 0 Å². The molecule has 0 aliphatic carbocycles. The smallest absolute Gasteiger partial charge is 0.282 e. The van der Waals surface area contributed by atoms with Crippen LogP contribution in [0.3, 0.4) is 0 Å². The fourth-order valence-electron chi connectivity index (χ4n) is 4.00. The number of anilines is 1. The number of hydrogen-bond donors (Lipinski definition) is 1. The van der Waals surface area contributed by atoms with Crippen molar-refractivity contribution in [1.29, 1.82) is 0 Å². The molecule has 1 N–H and O–H groups in total. The van der Waals surface area contributed by atoms with Crippen molar-refractivity contribution in [2.75, 3.05) is 11.6 Å². The molecule has 5 rings (SSSR count). The second-order valence-electron chi connectivity index (χ2n) is 7.93. The molecule has 1 saturated heterocycles. The summed E-state index contributed by atoms with van der Waals surface area (Å²) in [6.07, 6.45) is 4.44. The van der Waals surface area contributed by atoms with Crippen LogP contribution >= 0.6 is 11.6 Å². The lowest BCUT2D eigenvalue weighted by Crippen LogP contribution is -2.35. The molecule has 0 atom stereocenters. The zero-order valence-electron chi connectivity index (χ0n) is 18.3. The van der Waals surface area contributed by atoms with E-state index in [0.29, 0.717) is 17.3 Å². The highest BCUT2D eigenvalue weighted by Gasteiger charge is 2.34. The van der Waals surface area contributed by atoms with E-state index >= 15 is 0 Å².